The fourth-order valence-corrected chi connectivity index (χ4v) is 2.53. The fourth-order valence-electron chi connectivity index (χ4n) is 2.53. The van der Waals surface area contributed by atoms with Gasteiger partial charge in [0.25, 0.3) is 0 Å². The van der Waals surface area contributed by atoms with E-state index in [1.54, 1.807) is 14.2 Å². The lowest BCUT2D eigenvalue weighted by molar-refractivity contribution is 0.369. The Morgan fingerprint density at radius 3 is 2.22 bits per heavy atom. The van der Waals surface area contributed by atoms with E-state index in [2.05, 4.69) is 5.32 Å². The van der Waals surface area contributed by atoms with Gasteiger partial charge in [-0.1, -0.05) is 0 Å². The molecular formula is C14H22N2O2. The molecule has 1 aromatic carbocycles. The number of hydrogen-bond donors (Lipinski definition) is 2. The van der Waals surface area contributed by atoms with E-state index in [1.807, 2.05) is 12.1 Å². The molecule has 0 radical (unpaired) electrons. The summed E-state index contributed by atoms with van der Waals surface area (Å²) in [6.07, 6.45) is 3.53. The summed E-state index contributed by atoms with van der Waals surface area (Å²) < 4.78 is 10.6. The topological polar surface area (TPSA) is 56.5 Å². The van der Waals surface area contributed by atoms with Gasteiger partial charge in [0.1, 0.15) is 17.2 Å². The minimum Gasteiger partial charge on any atom is -0.494 e. The summed E-state index contributed by atoms with van der Waals surface area (Å²) in [5, 5.41) is 3.39. The van der Waals surface area contributed by atoms with Crippen molar-refractivity contribution in [1.82, 2.24) is 5.32 Å². The van der Waals surface area contributed by atoms with Crippen LogP contribution in [0.15, 0.2) is 12.1 Å². The van der Waals surface area contributed by atoms with Crippen LogP contribution >= 0.6 is 0 Å². The van der Waals surface area contributed by atoms with Crippen molar-refractivity contribution >= 4 is 5.69 Å². The van der Waals surface area contributed by atoms with Crippen molar-refractivity contribution in [1.29, 1.82) is 0 Å². The first-order valence-electron chi connectivity index (χ1n) is 6.45. The van der Waals surface area contributed by atoms with Crippen LogP contribution in [0.1, 0.15) is 18.4 Å². The number of nitrogens with one attached hydrogen (secondary N) is 1. The third kappa shape index (κ3) is 2.88. The molecule has 0 atom stereocenters. The van der Waals surface area contributed by atoms with Crippen LogP contribution in [-0.4, -0.2) is 27.3 Å². The molecule has 1 aliphatic rings. The van der Waals surface area contributed by atoms with Crippen molar-refractivity contribution in [2.45, 2.75) is 19.3 Å². The van der Waals surface area contributed by atoms with E-state index in [-0.39, 0.29) is 0 Å². The minimum atomic E-state index is 0.578. The second kappa shape index (κ2) is 5.96. The van der Waals surface area contributed by atoms with Gasteiger partial charge in [0.15, 0.2) is 0 Å². The Morgan fingerprint density at radius 1 is 1.17 bits per heavy atom. The van der Waals surface area contributed by atoms with Gasteiger partial charge in [0, 0.05) is 0 Å². The van der Waals surface area contributed by atoms with E-state index in [0.717, 1.165) is 25.4 Å². The highest BCUT2D eigenvalue weighted by Crippen LogP contribution is 2.34. The van der Waals surface area contributed by atoms with Crippen LogP contribution in [0.5, 0.6) is 11.5 Å². The lowest BCUT2D eigenvalue weighted by Crippen LogP contribution is -2.28. The standard InChI is InChI=1S/C14H22N2O2/c1-17-12-8-11(9-13(18-2)14(12)15)7-10-3-5-16-6-4-10/h8-10,16H,3-7,15H2,1-2H3. The van der Waals surface area contributed by atoms with Crippen molar-refractivity contribution in [3.63, 3.8) is 0 Å². The summed E-state index contributed by atoms with van der Waals surface area (Å²) in [6, 6.07) is 4.06. The van der Waals surface area contributed by atoms with Crippen molar-refractivity contribution in [2.24, 2.45) is 5.92 Å². The van der Waals surface area contributed by atoms with Crippen LogP contribution in [0.2, 0.25) is 0 Å². The Morgan fingerprint density at radius 2 is 1.72 bits per heavy atom. The Bertz CT molecular complexity index is 376. The predicted molar refractivity (Wildman–Crippen MR) is 73.3 cm³/mol. The van der Waals surface area contributed by atoms with Gasteiger partial charge < -0.3 is 20.5 Å². The third-order valence-electron chi connectivity index (χ3n) is 3.59. The molecule has 2 rings (SSSR count). The largest absolute Gasteiger partial charge is 0.494 e. The maximum atomic E-state index is 5.95. The summed E-state index contributed by atoms with van der Waals surface area (Å²) in [7, 11) is 3.28. The van der Waals surface area contributed by atoms with Crippen molar-refractivity contribution in [3.05, 3.63) is 17.7 Å². The molecule has 0 amide bonds. The molecule has 0 unspecified atom stereocenters. The highest BCUT2D eigenvalue weighted by atomic mass is 16.5. The van der Waals surface area contributed by atoms with Gasteiger partial charge in [-0.25, -0.2) is 0 Å². The summed E-state index contributed by atoms with van der Waals surface area (Å²) in [5.74, 6) is 2.15. The van der Waals surface area contributed by atoms with E-state index in [1.165, 1.54) is 18.4 Å². The number of nitrogens with two attached hydrogens (primary N) is 1. The van der Waals surface area contributed by atoms with E-state index in [0.29, 0.717) is 17.2 Å². The van der Waals surface area contributed by atoms with Crippen LogP contribution in [0, 0.1) is 5.92 Å². The third-order valence-corrected chi connectivity index (χ3v) is 3.59. The molecule has 0 saturated carbocycles. The maximum Gasteiger partial charge on any atom is 0.145 e. The lowest BCUT2D eigenvalue weighted by atomic mass is 9.91. The monoisotopic (exact) mass is 250 g/mol. The predicted octanol–water partition coefficient (Wildman–Crippen LogP) is 1.83. The quantitative estimate of drug-likeness (QED) is 0.800. The second-order valence-corrected chi connectivity index (χ2v) is 4.81. The molecule has 18 heavy (non-hydrogen) atoms. The Hall–Kier alpha value is -1.42. The van der Waals surface area contributed by atoms with E-state index in [4.69, 9.17) is 15.2 Å². The molecular weight excluding hydrogens is 228 g/mol. The molecule has 1 aliphatic heterocycles. The summed E-state index contributed by atoms with van der Waals surface area (Å²) >= 11 is 0. The molecule has 0 bridgehead atoms. The molecule has 0 spiro atoms. The summed E-state index contributed by atoms with van der Waals surface area (Å²) in [5.41, 5.74) is 7.76. The Balaban J connectivity index is 2.16. The van der Waals surface area contributed by atoms with Crippen molar-refractivity contribution < 1.29 is 9.47 Å². The number of piperidine rings is 1. The van der Waals surface area contributed by atoms with Crippen LogP contribution in [0.3, 0.4) is 0 Å². The number of benzene rings is 1. The van der Waals surface area contributed by atoms with Crippen LogP contribution in [0.4, 0.5) is 5.69 Å². The molecule has 0 aliphatic carbocycles. The number of rotatable bonds is 4. The first-order valence-corrected chi connectivity index (χ1v) is 6.45. The maximum absolute atomic E-state index is 5.95. The Labute approximate surface area is 108 Å². The summed E-state index contributed by atoms with van der Waals surface area (Å²) in [6.45, 7) is 2.24. The van der Waals surface area contributed by atoms with Gasteiger partial charge in [-0.2, -0.15) is 0 Å². The first kappa shape index (κ1) is 13.0. The van der Waals surface area contributed by atoms with E-state index < -0.39 is 0 Å². The van der Waals surface area contributed by atoms with Gasteiger partial charge in [0.05, 0.1) is 14.2 Å². The van der Waals surface area contributed by atoms with Gasteiger partial charge in [0.2, 0.25) is 0 Å². The minimum absolute atomic E-state index is 0.578. The molecule has 1 fully saturated rings. The normalized spacial score (nSPS) is 16.6. The highest BCUT2D eigenvalue weighted by molar-refractivity contribution is 5.64. The van der Waals surface area contributed by atoms with Crippen LogP contribution < -0.4 is 20.5 Å². The smallest absolute Gasteiger partial charge is 0.145 e. The average Bonchev–Trinajstić information content (AvgIpc) is 2.41. The Kier molecular flexibility index (Phi) is 4.31. The van der Waals surface area contributed by atoms with Gasteiger partial charge in [-0.15, -0.1) is 0 Å². The molecule has 3 N–H and O–H groups in total. The average molecular weight is 250 g/mol. The summed E-state index contributed by atoms with van der Waals surface area (Å²) in [4.78, 5) is 0. The number of methoxy groups -OCH3 is 2. The van der Waals surface area contributed by atoms with E-state index in [9.17, 15) is 0 Å². The SMILES string of the molecule is COc1cc(CC2CCNCC2)cc(OC)c1N. The molecule has 0 aromatic heterocycles. The zero-order chi connectivity index (χ0) is 13.0. The van der Waals surface area contributed by atoms with Gasteiger partial charge >= 0.3 is 0 Å². The van der Waals surface area contributed by atoms with E-state index >= 15 is 0 Å². The number of hydrogen-bond acceptors (Lipinski definition) is 4. The highest BCUT2D eigenvalue weighted by Gasteiger charge is 2.16. The molecule has 1 heterocycles. The molecule has 4 nitrogen and oxygen atoms in total. The van der Waals surface area contributed by atoms with Crippen molar-refractivity contribution in [2.75, 3.05) is 33.0 Å². The van der Waals surface area contributed by atoms with Crippen LogP contribution in [0.25, 0.3) is 0 Å². The van der Waals surface area contributed by atoms with Crippen LogP contribution in [-0.2, 0) is 6.42 Å². The number of anilines is 1. The van der Waals surface area contributed by atoms with Crippen molar-refractivity contribution in [3.8, 4) is 11.5 Å². The molecule has 4 heteroatoms. The first-order chi connectivity index (χ1) is 8.74. The van der Waals surface area contributed by atoms with Gasteiger partial charge in [-0.3, -0.25) is 0 Å². The second-order valence-electron chi connectivity index (χ2n) is 4.81. The molecule has 1 saturated heterocycles. The van der Waals surface area contributed by atoms with Gasteiger partial charge in [-0.05, 0) is 56.0 Å². The lowest BCUT2D eigenvalue weighted by Gasteiger charge is -2.23. The number of nitrogen functional groups attached to an aromatic ring is 1. The fraction of sp³-hybridized carbons (Fsp3) is 0.571. The molecule has 1 aromatic rings. The molecule has 100 valence electrons. The zero-order valence-electron chi connectivity index (χ0n) is 11.2. The zero-order valence-corrected chi connectivity index (χ0v) is 11.2. The number of ether oxygens (including phenoxy) is 2.